The lowest BCUT2D eigenvalue weighted by molar-refractivity contribution is 0.252. The summed E-state index contributed by atoms with van der Waals surface area (Å²) in [4.78, 5) is 19.3. The zero-order chi connectivity index (χ0) is 18.3. The van der Waals surface area contributed by atoms with Gasteiger partial charge in [-0.1, -0.05) is 0 Å². The van der Waals surface area contributed by atoms with E-state index in [0.717, 1.165) is 47.9 Å². The van der Waals surface area contributed by atoms with Crippen LogP contribution < -0.4 is 0 Å². The monoisotopic (exact) mass is 349 g/mol. The number of nitrogens with zero attached hydrogens (tertiary/aromatic N) is 4. The van der Waals surface area contributed by atoms with E-state index in [1.165, 1.54) is 17.5 Å². The van der Waals surface area contributed by atoms with Gasteiger partial charge in [-0.25, -0.2) is 9.97 Å². The van der Waals surface area contributed by atoms with E-state index >= 15 is 0 Å². The van der Waals surface area contributed by atoms with E-state index in [4.69, 9.17) is 0 Å². The van der Waals surface area contributed by atoms with Gasteiger partial charge in [0.25, 0.3) is 0 Å². The molecule has 0 aromatic carbocycles. The van der Waals surface area contributed by atoms with Crippen LogP contribution in [0.3, 0.4) is 0 Å². The van der Waals surface area contributed by atoms with Crippen LogP contribution in [-0.4, -0.2) is 37.9 Å². The predicted molar refractivity (Wildman–Crippen MR) is 104 cm³/mol. The van der Waals surface area contributed by atoms with E-state index in [1.807, 2.05) is 13.1 Å². The maximum absolute atomic E-state index is 4.52. The van der Waals surface area contributed by atoms with Gasteiger partial charge in [0.2, 0.25) is 0 Å². The van der Waals surface area contributed by atoms with Crippen molar-refractivity contribution in [2.24, 2.45) is 5.92 Å². The van der Waals surface area contributed by atoms with Crippen molar-refractivity contribution in [3.63, 3.8) is 0 Å². The first-order valence-electron chi connectivity index (χ1n) is 9.48. The van der Waals surface area contributed by atoms with Crippen molar-refractivity contribution in [2.75, 3.05) is 13.1 Å². The third kappa shape index (κ3) is 3.49. The molecular formula is C21H27N5. The minimum atomic E-state index is 0.376. The number of rotatable bonds is 4. The van der Waals surface area contributed by atoms with E-state index in [9.17, 15) is 0 Å². The molecule has 5 heteroatoms. The number of aromatic nitrogens is 4. The molecule has 4 rings (SSSR count). The van der Waals surface area contributed by atoms with Crippen LogP contribution >= 0.6 is 0 Å². The fourth-order valence-corrected chi connectivity index (χ4v) is 4.23. The summed E-state index contributed by atoms with van der Waals surface area (Å²) in [5.74, 6) is 1.63. The highest BCUT2D eigenvalue weighted by Gasteiger charge is 2.27. The van der Waals surface area contributed by atoms with Crippen molar-refractivity contribution in [3.05, 3.63) is 52.7 Å². The predicted octanol–water partition coefficient (Wildman–Crippen LogP) is 3.90. The van der Waals surface area contributed by atoms with E-state index in [0.29, 0.717) is 12.0 Å². The number of aryl methyl sites for hydroxylation is 3. The van der Waals surface area contributed by atoms with Crippen molar-refractivity contribution >= 4 is 11.2 Å². The van der Waals surface area contributed by atoms with Crippen LogP contribution in [0.25, 0.3) is 11.2 Å². The molecule has 0 saturated carbocycles. The lowest BCUT2D eigenvalue weighted by atomic mass is 9.98. The van der Waals surface area contributed by atoms with Crippen molar-refractivity contribution in [3.8, 4) is 0 Å². The Kier molecular flexibility index (Phi) is 4.49. The molecule has 0 amide bonds. The summed E-state index contributed by atoms with van der Waals surface area (Å²) in [6.07, 6.45) is 4.38. The highest BCUT2D eigenvalue weighted by Crippen LogP contribution is 2.30. The molecule has 1 unspecified atom stereocenters. The van der Waals surface area contributed by atoms with Gasteiger partial charge >= 0.3 is 0 Å². The van der Waals surface area contributed by atoms with E-state index in [2.05, 4.69) is 63.8 Å². The zero-order valence-corrected chi connectivity index (χ0v) is 16.1. The number of pyridine rings is 2. The number of hydrogen-bond acceptors (Lipinski definition) is 4. The van der Waals surface area contributed by atoms with Gasteiger partial charge in [-0.3, -0.25) is 9.88 Å². The molecule has 3 aromatic rings. The highest BCUT2D eigenvalue weighted by molar-refractivity contribution is 5.71. The Morgan fingerprint density at radius 3 is 2.69 bits per heavy atom. The molecule has 0 aliphatic carbocycles. The summed E-state index contributed by atoms with van der Waals surface area (Å²) < 4.78 is 0. The number of hydrogen-bond donors (Lipinski definition) is 1. The average molecular weight is 349 g/mol. The zero-order valence-electron chi connectivity index (χ0n) is 16.1. The maximum Gasteiger partial charge on any atom is 0.177 e. The smallest absolute Gasteiger partial charge is 0.177 e. The van der Waals surface area contributed by atoms with Crippen LogP contribution in [0.1, 0.15) is 47.7 Å². The Hall–Kier alpha value is -2.27. The number of aromatic amines is 1. The van der Waals surface area contributed by atoms with Gasteiger partial charge in [-0.15, -0.1) is 0 Å². The molecule has 2 atom stereocenters. The van der Waals surface area contributed by atoms with Crippen molar-refractivity contribution < 1.29 is 0 Å². The summed E-state index contributed by atoms with van der Waals surface area (Å²) in [6.45, 7) is 10.7. The van der Waals surface area contributed by atoms with Gasteiger partial charge in [0.05, 0.1) is 5.52 Å². The van der Waals surface area contributed by atoms with Gasteiger partial charge in [0.15, 0.2) is 5.65 Å². The fourth-order valence-electron chi connectivity index (χ4n) is 4.23. The number of nitrogens with one attached hydrogen (secondary N) is 1. The molecule has 136 valence electrons. The Bertz CT molecular complexity index is 909. The molecule has 0 bridgehead atoms. The molecule has 3 aromatic heterocycles. The molecule has 4 heterocycles. The Morgan fingerprint density at radius 1 is 1.15 bits per heavy atom. The van der Waals surface area contributed by atoms with Crippen LogP contribution in [-0.2, 0) is 6.42 Å². The van der Waals surface area contributed by atoms with Crippen LogP contribution in [0.4, 0.5) is 0 Å². The molecule has 0 spiro atoms. The van der Waals surface area contributed by atoms with Crippen LogP contribution in [0.2, 0.25) is 0 Å². The molecule has 1 aliphatic heterocycles. The second-order valence-electron chi connectivity index (χ2n) is 7.75. The molecule has 26 heavy (non-hydrogen) atoms. The van der Waals surface area contributed by atoms with Gasteiger partial charge in [0.1, 0.15) is 5.82 Å². The number of H-pyrrole nitrogens is 1. The second kappa shape index (κ2) is 6.80. The molecular weight excluding hydrogens is 322 g/mol. The van der Waals surface area contributed by atoms with Gasteiger partial charge in [-0.2, -0.15) is 0 Å². The fraction of sp³-hybridized carbons (Fsp3) is 0.476. The summed E-state index contributed by atoms with van der Waals surface area (Å²) in [7, 11) is 0. The van der Waals surface area contributed by atoms with Crippen molar-refractivity contribution in [1.29, 1.82) is 0 Å². The van der Waals surface area contributed by atoms with Crippen LogP contribution in [0.5, 0.6) is 0 Å². The first-order chi connectivity index (χ1) is 12.5. The number of likely N-dealkylation sites (tertiary alicyclic amines) is 1. The lowest BCUT2D eigenvalue weighted by Gasteiger charge is -2.24. The minimum absolute atomic E-state index is 0.376. The topological polar surface area (TPSA) is 57.7 Å². The normalized spacial score (nSPS) is 19.3. The molecule has 1 saturated heterocycles. The summed E-state index contributed by atoms with van der Waals surface area (Å²) in [5, 5.41) is 0. The Balaban J connectivity index is 1.45. The second-order valence-corrected chi connectivity index (χ2v) is 7.75. The van der Waals surface area contributed by atoms with Crippen molar-refractivity contribution in [2.45, 2.75) is 46.6 Å². The van der Waals surface area contributed by atoms with Crippen LogP contribution in [0, 0.1) is 26.7 Å². The average Bonchev–Trinajstić information content (AvgIpc) is 3.17. The Morgan fingerprint density at radius 2 is 1.92 bits per heavy atom. The summed E-state index contributed by atoms with van der Waals surface area (Å²) in [5.41, 5.74) is 6.77. The molecule has 1 N–H and O–H groups in total. The SMILES string of the molecule is Cc1cc(C[C@H]2CCN(C(C)c3cnc4nc(C)[nH]c4c3)C2)cc(C)n1. The molecule has 1 fully saturated rings. The number of imidazole rings is 1. The third-order valence-corrected chi connectivity index (χ3v) is 5.49. The first-order valence-corrected chi connectivity index (χ1v) is 9.48. The molecule has 1 aliphatic rings. The van der Waals surface area contributed by atoms with E-state index in [1.54, 1.807) is 0 Å². The third-order valence-electron chi connectivity index (χ3n) is 5.49. The van der Waals surface area contributed by atoms with Gasteiger partial charge < -0.3 is 4.98 Å². The largest absolute Gasteiger partial charge is 0.341 e. The van der Waals surface area contributed by atoms with Crippen molar-refractivity contribution in [1.82, 2.24) is 24.8 Å². The van der Waals surface area contributed by atoms with Gasteiger partial charge in [0, 0.05) is 30.2 Å². The minimum Gasteiger partial charge on any atom is -0.341 e. The van der Waals surface area contributed by atoms with E-state index in [-0.39, 0.29) is 0 Å². The summed E-state index contributed by atoms with van der Waals surface area (Å²) >= 11 is 0. The lowest BCUT2D eigenvalue weighted by Crippen LogP contribution is -2.25. The van der Waals surface area contributed by atoms with Crippen LogP contribution in [0.15, 0.2) is 24.4 Å². The highest BCUT2D eigenvalue weighted by atomic mass is 15.2. The Labute approximate surface area is 154 Å². The molecule has 5 nitrogen and oxygen atoms in total. The van der Waals surface area contributed by atoms with E-state index < -0.39 is 0 Å². The summed E-state index contributed by atoms with van der Waals surface area (Å²) in [6, 6.07) is 7.05. The number of fused-ring (bicyclic) bond motifs is 1. The standard InChI is InChI=1S/C21H27N5/c1-13-7-18(8-14(2)23-13)9-17-5-6-26(12-17)15(3)19-10-20-21(22-11-19)25-16(4)24-20/h7-8,10-11,15,17H,5-6,9,12H2,1-4H3,(H,22,24,25)/t15?,17-/m1/s1. The molecule has 0 radical (unpaired) electrons. The first kappa shape index (κ1) is 17.2. The quantitative estimate of drug-likeness (QED) is 0.776. The maximum atomic E-state index is 4.52. The van der Waals surface area contributed by atoms with Gasteiger partial charge in [-0.05, 0) is 82.3 Å².